The largest absolute Gasteiger partial charge is 0.492 e. The molecule has 0 spiro atoms. The zero-order valence-electron chi connectivity index (χ0n) is 12.8. The summed E-state index contributed by atoms with van der Waals surface area (Å²) in [4.78, 5) is 1.36. The molecule has 1 N–H and O–H groups in total. The van der Waals surface area contributed by atoms with Gasteiger partial charge >= 0.3 is 0 Å². The number of rotatable bonds is 6. The van der Waals surface area contributed by atoms with Crippen LogP contribution in [0.15, 0.2) is 40.2 Å². The van der Waals surface area contributed by atoms with E-state index in [-0.39, 0.29) is 5.54 Å². The summed E-state index contributed by atoms with van der Waals surface area (Å²) in [5.74, 6) is 0.908. The average Bonchev–Trinajstić information content (AvgIpc) is 2.91. The fourth-order valence-electron chi connectivity index (χ4n) is 1.85. The smallest absolute Gasteiger partial charge is 0.133 e. The number of hydrogen-bond acceptors (Lipinski definition) is 3. The van der Waals surface area contributed by atoms with Crippen LogP contribution >= 0.6 is 27.3 Å². The van der Waals surface area contributed by atoms with Crippen molar-refractivity contribution in [2.24, 2.45) is 0 Å². The zero-order chi connectivity index (χ0) is 15.3. The zero-order valence-corrected chi connectivity index (χ0v) is 15.2. The molecule has 0 aliphatic heterocycles. The first-order chi connectivity index (χ1) is 9.94. The third-order valence-corrected chi connectivity index (χ3v) is 4.56. The van der Waals surface area contributed by atoms with Crippen LogP contribution in [0, 0.1) is 0 Å². The summed E-state index contributed by atoms with van der Waals surface area (Å²) in [5, 5.41) is 5.59. The predicted molar refractivity (Wildman–Crippen MR) is 94.3 cm³/mol. The van der Waals surface area contributed by atoms with Crippen molar-refractivity contribution in [2.45, 2.75) is 39.3 Å². The van der Waals surface area contributed by atoms with Gasteiger partial charge in [0.1, 0.15) is 5.75 Å². The lowest BCUT2D eigenvalue weighted by Gasteiger charge is -2.20. The van der Waals surface area contributed by atoms with Gasteiger partial charge in [-0.15, -0.1) is 11.3 Å². The van der Waals surface area contributed by atoms with Crippen molar-refractivity contribution in [1.82, 2.24) is 5.32 Å². The Hall–Kier alpha value is -0.840. The number of thiophene rings is 1. The molecule has 114 valence electrons. The molecule has 0 bridgehead atoms. The van der Waals surface area contributed by atoms with Crippen LogP contribution in [0.1, 0.15) is 31.2 Å². The van der Waals surface area contributed by atoms with Gasteiger partial charge in [0, 0.05) is 23.4 Å². The number of hydrogen-bond donors (Lipinski definition) is 1. The fourth-order valence-corrected chi connectivity index (χ4v) is 3.09. The second-order valence-electron chi connectivity index (χ2n) is 6.05. The highest BCUT2D eigenvalue weighted by molar-refractivity contribution is 9.10. The van der Waals surface area contributed by atoms with Gasteiger partial charge in [0.15, 0.2) is 0 Å². The molecule has 0 unspecified atom stereocenters. The molecule has 1 aromatic heterocycles. The summed E-state index contributed by atoms with van der Waals surface area (Å²) in [6, 6.07) is 10.5. The van der Waals surface area contributed by atoms with E-state index in [1.54, 1.807) is 11.3 Å². The molecule has 0 aliphatic carbocycles. The Morgan fingerprint density at radius 1 is 1.24 bits per heavy atom. The first-order valence-electron chi connectivity index (χ1n) is 7.13. The highest BCUT2D eigenvalue weighted by Gasteiger charge is 2.09. The lowest BCUT2D eigenvalue weighted by atomic mass is 10.1. The Labute approximate surface area is 139 Å². The van der Waals surface area contributed by atoms with E-state index >= 15 is 0 Å². The summed E-state index contributed by atoms with van der Waals surface area (Å²) in [6.07, 6.45) is 0.956. The molecular formula is C17H22BrNOS. The van der Waals surface area contributed by atoms with Crippen LogP contribution in [-0.2, 0) is 13.0 Å². The van der Waals surface area contributed by atoms with Crippen molar-refractivity contribution >= 4 is 27.3 Å². The molecule has 21 heavy (non-hydrogen) atoms. The molecule has 0 saturated carbocycles. The van der Waals surface area contributed by atoms with E-state index in [4.69, 9.17) is 4.74 Å². The number of nitrogens with one attached hydrogen (secondary N) is 1. The SMILES string of the molecule is CC(C)(C)NCc1ccc(OCCc2cccs2)c(Br)c1. The van der Waals surface area contributed by atoms with E-state index in [1.807, 2.05) is 6.07 Å². The van der Waals surface area contributed by atoms with Gasteiger partial charge in [-0.2, -0.15) is 0 Å². The Morgan fingerprint density at radius 3 is 2.67 bits per heavy atom. The Kier molecular flexibility index (Phi) is 5.85. The third kappa shape index (κ3) is 5.81. The van der Waals surface area contributed by atoms with Crippen LogP contribution in [0.3, 0.4) is 0 Å². The van der Waals surface area contributed by atoms with Gasteiger partial charge in [0.2, 0.25) is 0 Å². The number of benzene rings is 1. The molecule has 0 radical (unpaired) electrons. The topological polar surface area (TPSA) is 21.3 Å². The van der Waals surface area contributed by atoms with Crippen molar-refractivity contribution in [3.05, 3.63) is 50.6 Å². The average molecular weight is 368 g/mol. The second kappa shape index (κ2) is 7.43. The number of ether oxygens (including phenoxy) is 1. The standard InChI is InChI=1S/C17H22BrNOS/c1-17(2,3)19-12-13-6-7-16(15(18)11-13)20-9-8-14-5-4-10-21-14/h4-7,10-11,19H,8-9,12H2,1-3H3. The summed E-state index contributed by atoms with van der Waals surface area (Å²) in [5.41, 5.74) is 1.38. The maximum Gasteiger partial charge on any atom is 0.133 e. The molecule has 2 nitrogen and oxygen atoms in total. The molecule has 0 saturated heterocycles. The van der Waals surface area contributed by atoms with Crippen LogP contribution in [0.5, 0.6) is 5.75 Å². The van der Waals surface area contributed by atoms with E-state index in [2.05, 4.69) is 71.7 Å². The molecule has 1 heterocycles. The van der Waals surface area contributed by atoms with Crippen molar-refractivity contribution < 1.29 is 4.74 Å². The van der Waals surface area contributed by atoms with Crippen LogP contribution in [0.25, 0.3) is 0 Å². The summed E-state index contributed by atoms with van der Waals surface area (Å²) in [6.45, 7) is 8.08. The summed E-state index contributed by atoms with van der Waals surface area (Å²) >= 11 is 5.37. The van der Waals surface area contributed by atoms with Crippen molar-refractivity contribution in [2.75, 3.05) is 6.61 Å². The van der Waals surface area contributed by atoms with Crippen LogP contribution in [0.2, 0.25) is 0 Å². The van der Waals surface area contributed by atoms with Crippen LogP contribution < -0.4 is 10.1 Å². The van der Waals surface area contributed by atoms with E-state index < -0.39 is 0 Å². The Bertz CT molecular complexity index is 561. The molecule has 2 rings (SSSR count). The second-order valence-corrected chi connectivity index (χ2v) is 7.93. The predicted octanol–water partition coefficient (Wildman–Crippen LogP) is 5.02. The first-order valence-corrected chi connectivity index (χ1v) is 8.80. The van der Waals surface area contributed by atoms with Crippen LogP contribution in [-0.4, -0.2) is 12.1 Å². The van der Waals surface area contributed by atoms with Crippen molar-refractivity contribution in [3.8, 4) is 5.75 Å². The van der Waals surface area contributed by atoms with E-state index in [0.29, 0.717) is 6.61 Å². The summed E-state index contributed by atoms with van der Waals surface area (Å²) in [7, 11) is 0. The van der Waals surface area contributed by atoms with Gasteiger partial charge in [0.05, 0.1) is 11.1 Å². The molecule has 1 aromatic carbocycles. The van der Waals surface area contributed by atoms with Gasteiger partial charge in [-0.1, -0.05) is 12.1 Å². The minimum absolute atomic E-state index is 0.127. The molecule has 0 amide bonds. The number of halogens is 1. The fraction of sp³-hybridized carbons (Fsp3) is 0.412. The highest BCUT2D eigenvalue weighted by Crippen LogP contribution is 2.26. The minimum atomic E-state index is 0.127. The van der Waals surface area contributed by atoms with E-state index in [9.17, 15) is 0 Å². The monoisotopic (exact) mass is 367 g/mol. The van der Waals surface area contributed by atoms with Crippen molar-refractivity contribution in [3.63, 3.8) is 0 Å². The first kappa shape index (κ1) is 16.5. The molecule has 4 heteroatoms. The Balaban J connectivity index is 1.86. The van der Waals surface area contributed by atoms with Gasteiger partial charge in [-0.3, -0.25) is 0 Å². The van der Waals surface area contributed by atoms with E-state index in [0.717, 1.165) is 23.2 Å². The van der Waals surface area contributed by atoms with Gasteiger partial charge in [0.25, 0.3) is 0 Å². The maximum atomic E-state index is 5.85. The quantitative estimate of drug-likeness (QED) is 0.773. The molecule has 0 fully saturated rings. The maximum absolute atomic E-state index is 5.85. The third-order valence-electron chi connectivity index (χ3n) is 3.01. The molecule has 0 aliphatic rings. The molecule has 2 aromatic rings. The highest BCUT2D eigenvalue weighted by atomic mass is 79.9. The van der Waals surface area contributed by atoms with Gasteiger partial charge < -0.3 is 10.1 Å². The van der Waals surface area contributed by atoms with Crippen molar-refractivity contribution in [1.29, 1.82) is 0 Å². The van der Waals surface area contributed by atoms with Crippen LogP contribution in [0.4, 0.5) is 0 Å². The Morgan fingerprint density at radius 2 is 2.05 bits per heavy atom. The lowest BCUT2D eigenvalue weighted by Crippen LogP contribution is -2.35. The van der Waals surface area contributed by atoms with Gasteiger partial charge in [-0.25, -0.2) is 0 Å². The van der Waals surface area contributed by atoms with E-state index in [1.165, 1.54) is 10.4 Å². The minimum Gasteiger partial charge on any atom is -0.492 e. The molecule has 0 atom stereocenters. The normalized spacial score (nSPS) is 11.6. The summed E-state index contributed by atoms with van der Waals surface area (Å²) < 4.78 is 6.87. The lowest BCUT2D eigenvalue weighted by molar-refractivity contribution is 0.321. The molecular weight excluding hydrogens is 346 g/mol. The van der Waals surface area contributed by atoms with Gasteiger partial charge in [-0.05, 0) is 65.8 Å².